The molecule has 1 fully saturated rings. The molecular weight excluding hydrogens is 498 g/mol. The van der Waals surface area contributed by atoms with E-state index in [1.165, 1.54) is 6.92 Å². The first kappa shape index (κ1) is 28.2. The molecule has 1 aliphatic rings. The molecule has 0 bridgehead atoms. The van der Waals surface area contributed by atoms with Crippen molar-refractivity contribution in [2.24, 2.45) is 0 Å². The number of hydrogen-bond donors (Lipinski definition) is 3. The maximum atomic E-state index is 13.4. The van der Waals surface area contributed by atoms with Crippen LogP contribution in [-0.2, 0) is 4.79 Å². The van der Waals surface area contributed by atoms with Gasteiger partial charge in [0.2, 0.25) is 11.9 Å². The van der Waals surface area contributed by atoms with Gasteiger partial charge in [0.05, 0.1) is 17.4 Å². The van der Waals surface area contributed by atoms with Crippen LogP contribution in [0.25, 0.3) is 11.0 Å². The number of carbonyl (C=O) groups is 2. The molecule has 3 aromatic heterocycles. The largest absolute Gasteiger partial charge is 0.373 e. The summed E-state index contributed by atoms with van der Waals surface area (Å²) >= 11 is 0. The highest BCUT2D eigenvalue weighted by molar-refractivity contribution is 5.99. The van der Waals surface area contributed by atoms with Gasteiger partial charge in [-0.2, -0.15) is 4.98 Å². The molecule has 0 spiro atoms. The number of aromatic nitrogens is 4. The number of nitrogens with one attached hydrogen (secondary N) is 2. The van der Waals surface area contributed by atoms with Gasteiger partial charge in [-0.15, -0.1) is 0 Å². The maximum Gasteiger partial charge on any atom is 0.263 e. The van der Waals surface area contributed by atoms with Crippen molar-refractivity contribution in [3.63, 3.8) is 0 Å². The zero-order valence-corrected chi connectivity index (χ0v) is 22.9. The number of nitrogens with zero attached hydrogens (tertiary/aromatic N) is 5. The number of anilines is 3. The lowest BCUT2D eigenvalue weighted by Crippen LogP contribution is -2.30. The number of hydrogen-bond acceptors (Lipinski definition) is 9. The van der Waals surface area contributed by atoms with E-state index in [1.807, 2.05) is 19.2 Å². The predicted molar refractivity (Wildman–Crippen MR) is 150 cm³/mol. The average Bonchev–Trinajstić information content (AvgIpc) is 3.45. The molecule has 3 N–H and O–H groups in total. The van der Waals surface area contributed by atoms with Crippen molar-refractivity contribution in [1.82, 2.24) is 25.0 Å². The van der Waals surface area contributed by atoms with Crippen molar-refractivity contribution >= 4 is 40.2 Å². The molecule has 0 aromatic carbocycles. The van der Waals surface area contributed by atoms with Gasteiger partial charge in [0.25, 0.3) is 5.56 Å². The van der Waals surface area contributed by atoms with Gasteiger partial charge in [-0.1, -0.05) is 25.7 Å². The zero-order valence-electron chi connectivity index (χ0n) is 22.9. The van der Waals surface area contributed by atoms with Crippen LogP contribution in [0.4, 0.5) is 17.5 Å². The minimum absolute atomic E-state index is 0.0226. The van der Waals surface area contributed by atoms with Gasteiger partial charge in [0.1, 0.15) is 11.5 Å². The first-order valence-electron chi connectivity index (χ1n) is 13.6. The monoisotopic (exact) mass is 535 g/mol. The molecule has 0 radical (unpaired) electrons. The Labute approximate surface area is 227 Å². The third-order valence-electron chi connectivity index (χ3n) is 7.45. The van der Waals surface area contributed by atoms with Crippen LogP contribution in [0.1, 0.15) is 86.7 Å². The molecule has 39 heavy (non-hydrogen) atoms. The molecule has 208 valence electrons. The summed E-state index contributed by atoms with van der Waals surface area (Å²) in [6, 6.07) is 3.86. The van der Waals surface area contributed by atoms with Crippen LogP contribution in [0.5, 0.6) is 0 Å². The minimum Gasteiger partial charge on any atom is -0.373 e. The molecule has 3 heterocycles. The quantitative estimate of drug-likeness (QED) is 0.133. The highest BCUT2D eigenvalue weighted by atomic mass is 16.5. The van der Waals surface area contributed by atoms with E-state index in [0.29, 0.717) is 34.8 Å². The molecule has 0 atom stereocenters. The van der Waals surface area contributed by atoms with Gasteiger partial charge in [0.15, 0.2) is 5.78 Å². The number of Topliss-reactive ketones (excluding diaryl/α,β-unsaturated/α-hetero) is 1. The Morgan fingerprint density at radius 2 is 1.85 bits per heavy atom. The summed E-state index contributed by atoms with van der Waals surface area (Å²) in [7, 11) is 2.01. The number of hydroxylamine groups is 1. The van der Waals surface area contributed by atoms with Gasteiger partial charge in [-0.25, -0.2) is 15.4 Å². The zero-order chi connectivity index (χ0) is 27.9. The summed E-state index contributed by atoms with van der Waals surface area (Å²) < 4.78 is 1.70. The Bertz CT molecular complexity index is 1380. The van der Waals surface area contributed by atoms with Crippen LogP contribution < -0.4 is 21.3 Å². The van der Waals surface area contributed by atoms with Crippen molar-refractivity contribution in [1.29, 1.82) is 0 Å². The molecule has 0 aliphatic heterocycles. The second-order valence-corrected chi connectivity index (χ2v) is 10.2. The third kappa shape index (κ3) is 6.59. The fraction of sp³-hybridized carbons (Fsp3) is 0.500. The molecule has 1 amide bonds. The summed E-state index contributed by atoms with van der Waals surface area (Å²) in [5.41, 5.74) is 3.73. The van der Waals surface area contributed by atoms with E-state index in [0.717, 1.165) is 63.6 Å². The molecule has 1 saturated carbocycles. The second kappa shape index (κ2) is 12.8. The SMILES string of the molecule is CC(=O)c1c(C)c2cnc(Nc3ccc(N(C)CCCCCCC(=O)NO)cn3)nc2n(C2CCCC2)c1=O. The lowest BCUT2D eigenvalue weighted by Gasteiger charge is -2.20. The Hall–Kier alpha value is -3.86. The minimum atomic E-state index is -0.346. The lowest BCUT2D eigenvalue weighted by atomic mass is 10.0. The Balaban J connectivity index is 1.45. The number of pyridine rings is 2. The fourth-order valence-electron chi connectivity index (χ4n) is 5.28. The summed E-state index contributed by atoms with van der Waals surface area (Å²) in [6.07, 6.45) is 11.3. The van der Waals surface area contributed by atoms with Gasteiger partial charge in [-0.05, 0) is 57.2 Å². The van der Waals surface area contributed by atoms with E-state index in [2.05, 4.69) is 20.2 Å². The first-order valence-corrected chi connectivity index (χ1v) is 13.6. The smallest absolute Gasteiger partial charge is 0.263 e. The number of ketones is 1. The number of rotatable bonds is 12. The van der Waals surface area contributed by atoms with Crippen LogP contribution in [0, 0.1) is 6.92 Å². The molecule has 4 rings (SSSR count). The molecule has 11 nitrogen and oxygen atoms in total. The summed E-state index contributed by atoms with van der Waals surface area (Å²) in [6.45, 7) is 4.07. The molecule has 0 unspecified atom stereocenters. The maximum absolute atomic E-state index is 13.4. The van der Waals surface area contributed by atoms with E-state index in [9.17, 15) is 14.4 Å². The summed E-state index contributed by atoms with van der Waals surface area (Å²) in [4.78, 5) is 52.6. The van der Waals surface area contributed by atoms with Crippen LogP contribution in [-0.4, -0.2) is 50.0 Å². The van der Waals surface area contributed by atoms with Crippen LogP contribution >= 0.6 is 0 Å². The van der Waals surface area contributed by atoms with Crippen LogP contribution in [0.3, 0.4) is 0 Å². The number of fused-ring (bicyclic) bond motifs is 1. The highest BCUT2D eigenvalue weighted by Gasteiger charge is 2.25. The third-order valence-corrected chi connectivity index (χ3v) is 7.45. The van der Waals surface area contributed by atoms with E-state index in [-0.39, 0.29) is 28.9 Å². The van der Waals surface area contributed by atoms with E-state index < -0.39 is 0 Å². The average molecular weight is 536 g/mol. The first-order chi connectivity index (χ1) is 18.8. The number of unbranched alkanes of at least 4 members (excludes halogenated alkanes) is 3. The molecule has 3 aromatic rings. The number of amides is 1. The topological polar surface area (TPSA) is 142 Å². The molecule has 0 saturated heterocycles. The van der Waals surface area contributed by atoms with Gasteiger partial charge in [0, 0.05) is 37.6 Å². The summed E-state index contributed by atoms with van der Waals surface area (Å²) in [5, 5.41) is 12.4. The van der Waals surface area contributed by atoms with Crippen LogP contribution in [0.15, 0.2) is 29.3 Å². The Kier molecular flexibility index (Phi) is 9.23. The predicted octanol–water partition coefficient (Wildman–Crippen LogP) is 4.45. The van der Waals surface area contributed by atoms with Gasteiger partial charge >= 0.3 is 0 Å². The fourth-order valence-corrected chi connectivity index (χ4v) is 5.28. The van der Waals surface area contributed by atoms with Crippen molar-refractivity contribution < 1.29 is 14.8 Å². The lowest BCUT2D eigenvalue weighted by molar-refractivity contribution is -0.129. The van der Waals surface area contributed by atoms with E-state index in [4.69, 9.17) is 10.2 Å². The van der Waals surface area contributed by atoms with Crippen molar-refractivity contribution in [3.05, 3.63) is 46.0 Å². The van der Waals surface area contributed by atoms with Gasteiger partial charge in [-0.3, -0.25) is 24.2 Å². The standard InChI is InChI=1S/C28H37N7O4/c1-18-22-17-30-28(32-26(22)35(20-10-7-8-11-20)27(38)25(18)19(2)36)31-23-14-13-21(16-29-23)34(3)15-9-5-4-6-12-24(37)33-39/h13-14,16-17,20,39H,4-12,15H2,1-3H3,(H,33,37)(H,29,30,31,32). The molecular formula is C28H37N7O4. The van der Waals surface area contributed by atoms with E-state index >= 15 is 0 Å². The van der Waals surface area contributed by atoms with Crippen molar-refractivity contribution in [2.75, 3.05) is 23.8 Å². The second-order valence-electron chi connectivity index (χ2n) is 10.2. The Morgan fingerprint density at radius 3 is 2.51 bits per heavy atom. The van der Waals surface area contributed by atoms with Crippen LogP contribution in [0.2, 0.25) is 0 Å². The normalized spacial score (nSPS) is 13.5. The highest BCUT2D eigenvalue weighted by Crippen LogP contribution is 2.32. The van der Waals surface area contributed by atoms with Crippen molar-refractivity contribution in [2.45, 2.75) is 77.7 Å². The Morgan fingerprint density at radius 1 is 1.10 bits per heavy atom. The number of aryl methyl sites for hydroxylation is 1. The van der Waals surface area contributed by atoms with E-state index in [1.54, 1.807) is 29.4 Å². The molecule has 11 heteroatoms. The molecule has 1 aliphatic carbocycles. The van der Waals surface area contributed by atoms with Gasteiger partial charge < -0.3 is 10.2 Å². The summed E-state index contributed by atoms with van der Waals surface area (Å²) in [5.74, 6) is 0.337. The van der Waals surface area contributed by atoms with Crippen molar-refractivity contribution in [3.8, 4) is 0 Å². The number of carbonyl (C=O) groups excluding carboxylic acids is 2.